The Kier molecular flexibility index (Phi) is 3.93. The molecule has 2 aromatic rings. The van der Waals surface area contributed by atoms with Gasteiger partial charge in [-0.3, -0.25) is 10.1 Å². The average Bonchev–Trinajstić information content (AvgIpc) is 2.41. The lowest BCUT2D eigenvalue weighted by molar-refractivity contribution is 0.600. The molecule has 2 heterocycles. The van der Waals surface area contributed by atoms with Gasteiger partial charge in [-0.05, 0) is 28.1 Å². The van der Waals surface area contributed by atoms with Crippen molar-refractivity contribution in [3.8, 4) is 0 Å². The summed E-state index contributed by atoms with van der Waals surface area (Å²) in [5, 5.41) is 0. The number of pyridine rings is 1. The molecule has 19 heavy (non-hydrogen) atoms. The number of anilines is 2. The molecule has 8 nitrogen and oxygen atoms in total. The summed E-state index contributed by atoms with van der Waals surface area (Å²) >= 11 is 3.20. The van der Waals surface area contributed by atoms with Gasteiger partial charge < -0.3 is 0 Å². The zero-order valence-corrected chi connectivity index (χ0v) is 11.8. The van der Waals surface area contributed by atoms with Crippen molar-refractivity contribution in [2.45, 2.75) is 4.90 Å². The van der Waals surface area contributed by atoms with Crippen molar-refractivity contribution in [3.63, 3.8) is 0 Å². The molecule has 10 heteroatoms. The molecule has 0 fully saturated rings. The van der Waals surface area contributed by atoms with Crippen molar-refractivity contribution in [1.29, 1.82) is 0 Å². The number of hydrogen-bond donors (Lipinski definition) is 3. The Morgan fingerprint density at radius 1 is 1.21 bits per heavy atom. The predicted molar refractivity (Wildman–Crippen MR) is 72.6 cm³/mol. The maximum atomic E-state index is 12.0. The Morgan fingerprint density at radius 2 is 1.89 bits per heavy atom. The fourth-order valence-corrected chi connectivity index (χ4v) is 2.58. The van der Waals surface area contributed by atoms with Crippen LogP contribution in [0.15, 0.2) is 40.1 Å². The summed E-state index contributed by atoms with van der Waals surface area (Å²) in [4.78, 5) is 11.3. The summed E-state index contributed by atoms with van der Waals surface area (Å²) in [6, 6.07) is 3.34. The lowest BCUT2D eigenvalue weighted by Gasteiger charge is -2.08. The molecular formula is C9H9BrN6O2S. The van der Waals surface area contributed by atoms with Gasteiger partial charge in [0, 0.05) is 6.20 Å². The second-order valence-corrected chi connectivity index (χ2v) is 5.86. The average molecular weight is 345 g/mol. The molecule has 2 rings (SSSR count). The highest BCUT2D eigenvalue weighted by molar-refractivity contribution is 9.10. The van der Waals surface area contributed by atoms with Gasteiger partial charge in [-0.15, -0.1) is 0 Å². The number of nitrogens with two attached hydrogens (primary N) is 1. The van der Waals surface area contributed by atoms with Crippen LogP contribution in [-0.2, 0) is 10.0 Å². The van der Waals surface area contributed by atoms with Crippen LogP contribution in [0, 0.1) is 0 Å². The van der Waals surface area contributed by atoms with E-state index in [2.05, 4.69) is 41.0 Å². The van der Waals surface area contributed by atoms with E-state index in [4.69, 9.17) is 5.84 Å². The monoisotopic (exact) mass is 344 g/mol. The zero-order chi connectivity index (χ0) is 13.9. The van der Waals surface area contributed by atoms with E-state index in [1.165, 1.54) is 6.20 Å². The minimum atomic E-state index is -3.80. The maximum absolute atomic E-state index is 12.0. The SMILES string of the molecule is NNc1ncc(S(=O)(=O)Nc2ncccc2Br)cn1. The number of sulfonamides is 1. The summed E-state index contributed by atoms with van der Waals surface area (Å²) < 4.78 is 27.0. The van der Waals surface area contributed by atoms with Gasteiger partial charge in [-0.2, -0.15) is 0 Å². The smallest absolute Gasteiger partial charge is 0.266 e. The summed E-state index contributed by atoms with van der Waals surface area (Å²) in [5.41, 5.74) is 2.21. The van der Waals surface area contributed by atoms with Crippen molar-refractivity contribution >= 4 is 37.7 Å². The summed E-state index contributed by atoms with van der Waals surface area (Å²) in [7, 11) is -3.80. The van der Waals surface area contributed by atoms with Crippen LogP contribution >= 0.6 is 15.9 Å². The van der Waals surface area contributed by atoms with Crippen molar-refractivity contribution < 1.29 is 8.42 Å². The van der Waals surface area contributed by atoms with E-state index in [0.717, 1.165) is 12.4 Å². The zero-order valence-electron chi connectivity index (χ0n) is 9.41. The van der Waals surface area contributed by atoms with Crippen LogP contribution < -0.4 is 16.0 Å². The minimum absolute atomic E-state index is 0.0935. The Hall–Kier alpha value is -1.78. The highest BCUT2D eigenvalue weighted by Crippen LogP contribution is 2.21. The fraction of sp³-hybridized carbons (Fsp3) is 0. The number of nitrogens with one attached hydrogen (secondary N) is 2. The lowest BCUT2D eigenvalue weighted by atomic mass is 10.5. The third kappa shape index (κ3) is 3.16. The van der Waals surface area contributed by atoms with Crippen molar-refractivity contribution in [1.82, 2.24) is 15.0 Å². The highest BCUT2D eigenvalue weighted by Gasteiger charge is 2.17. The van der Waals surface area contributed by atoms with E-state index < -0.39 is 10.0 Å². The Balaban J connectivity index is 2.30. The molecule has 0 aromatic carbocycles. The molecule has 0 bridgehead atoms. The molecule has 0 radical (unpaired) electrons. The molecule has 0 atom stereocenters. The van der Waals surface area contributed by atoms with Crippen LogP contribution in [0.3, 0.4) is 0 Å². The number of nitrogens with zero attached hydrogens (tertiary/aromatic N) is 3. The van der Waals surface area contributed by atoms with Gasteiger partial charge in [0.15, 0.2) is 5.82 Å². The molecule has 2 aromatic heterocycles. The van der Waals surface area contributed by atoms with Crippen molar-refractivity contribution in [3.05, 3.63) is 35.2 Å². The normalized spacial score (nSPS) is 11.1. The number of rotatable bonds is 4. The van der Waals surface area contributed by atoms with Crippen LogP contribution in [-0.4, -0.2) is 23.4 Å². The lowest BCUT2D eigenvalue weighted by Crippen LogP contribution is -2.16. The second kappa shape index (κ2) is 5.47. The number of aromatic nitrogens is 3. The van der Waals surface area contributed by atoms with Gasteiger partial charge in [-0.25, -0.2) is 29.2 Å². The van der Waals surface area contributed by atoms with E-state index in [9.17, 15) is 8.42 Å². The Labute approximate surface area is 117 Å². The second-order valence-electron chi connectivity index (χ2n) is 3.33. The number of halogens is 1. The largest absolute Gasteiger partial charge is 0.292 e. The van der Waals surface area contributed by atoms with Gasteiger partial charge in [0.05, 0.1) is 16.9 Å². The molecule has 0 saturated carbocycles. The first-order chi connectivity index (χ1) is 9.03. The molecule has 0 unspecified atom stereocenters. The van der Waals surface area contributed by atoms with Gasteiger partial charge in [0.25, 0.3) is 10.0 Å². The first kappa shape index (κ1) is 13.6. The highest BCUT2D eigenvalue weighted by atomic mass is 79.9. The molecule has 4 N–H and O–H groups in total. The molecule has 0 saturated heterocycles. The number of hydrogen-bond acceptors (Lipinski definition) is 7. The van der Waals surface area contributed by atoms with Gasteiger partial charge >= 0.3 is 0 Å². The molecular weight excluding hydrogens is 336 g/mol. The van der Waals surface area contributed by atoms with Crippen LogP contribution in [0.4, 0.5) is 11.8 Å². The fourth-order valence-electron chi connectivity index (χ4n) is 1.18. The van der Waals surface area contributed by atoms with Crippen molar-refractivity contribution in [2.75, 3.05) is 10.1 Å². The summed E-state index contributed by atoms with van der Waals surface area (Å²) in [6.45, 7) is 0. The van der Waals surface area contributed by atoms with Crippen LogP contribution in [0.25, 0.3) is 0 Å². The first-order valence-electron chi connectivity index (χ1n) is 4.95. The summed E-state index contributed by atoms with van der Waals surface area (Å²) in [6.07, 6.45) is 3.75. The number of nitrogen functional groups attached to an aromatic ring is 1. The third-order valence-electron chi connectivity index (χ3n) is 2.06. The summed E-state index contributed by atoms with van der Waals surface area (Å²) in [5.74, 6) is 5.40. The topological polar surface area (TPSA) is 123 Å². The number of hydrazine groups is 1. The van der Waals surface area contributed by atoms with Crippen LogP contribution in [0.1, 0.15) is 0 Å². The molecule has 100 valence electrons. The molecule has 0 amide bonds. The minimum Gasteiger partial charge on any atom is -0.292 e. The van der Waals surface area contributed by atoms with Gasteiger partial charge in [0.1, 0.15) is 4.90 Å². The molecule has 0 aliphatic rings. The Morgan fingerprint density at radius 3 is 2.47 bits per heavy atom. The molecule has 0 aliphatic carbocycles. The van der Waals surface area contributed by atoms with Gasteiger partial charge in [-0.1, -0.05) is 0 Å². The van der Waals surface area contributed by atoms with Gasteiger partial charge in [0.2, 0.25) is 5.95 Å². The van der Waals surface area contributed by atoms with Crippen molar-refractivity contribution in [2.24, 2.45) is 5.84 Å². The van der Waals surface area contributed by atoms with E-state index >= 15 is 0 Å². The molecule has 0 spiro atoms. The standard InChI is InChI=1S/C9H9BrN6O2S/c10-7-2-1-3-12-8(7)16-19(17,18)6-4-13-9(15-11)14-5-6/h1-5H,11H2,(H,12,16)(H,13,14,15). The van der Waals surface area contributed by atoms with E-state index in [-0.39, 0.29) is 16.7 Å². The van der Waals surface area contributed by atoms with E-state index in [1.807, 2.05) is 0 Å². The van der Waals surface area contributed by atoms with E-state index in [0.29, 0.717) is 4.47 Å². The Bertz CT molecular complexity index is 675. The molecule has 0 aliphatic heterocycles. The quantitative estimate of drug-likeness (QED) is 0.551. The van der Waals surface area contributed by atoms with E-state index in [1.54, 1.807) is 12.1 Å². The van der Waals surface area contributed by atoms with Crippen LogP contribution in [0.5, 0.6) is 0 Å². The predicted octanol–water partition coefficient (Wildman–Crippen LogP) is 0.720. The maximum Gasteiger partial charge on any atom is 0.266 e. The van der Waals surface area contributed by atoms with Crippen LogP contribution in [0.2, 0.25) is 0 Å². The third-order valence-corrected chi connectivity index (χ3v) is 3.99. The first-order valence-corrected chi connectivity index (χ1v) is 7.22.